The fourth-order valence-electron chi connectivity index (χ4n) is 2.28. The number of amides is 1. The average Bonchev–Trinajstić information content (AvgIpc) is 3.20. The molecular weight excluding hydrogens is 240 g/mol. The van der Waals surface area contributed by atoms with Crippen LogP contribution in [0.4, 0.5) is 5.69 Å². The fraction of sp³-hybridized carbons (Fsp3) is 0.533. The lowest BCUT2D eigenvalue weighted by atomic mass is 10.1. The molecule has 19 heavy (non-hydrogen) atoms. The van der Waals surface area contributed by atoms with E-state index < -0.39 is 0 Å². The minimum Gasteiger partial charge on any atom is -0.395 e. The highest BCUT2D eigenvalue weighted by Crippen LogP contribution is 2.29. The van der Waals surface area contributed by atoms with Crippen molar-refractivity contribution in [3.05, 3.63) is 29.3 Å². The molecule has 0 bridgehead atoms. The Balaban J connectivity index is 2.25. The lowest BCUT2D eigenvalue weighted by molar-refractivity contribution is 0.0708. The Morgan fingerprint density at radius 2 is 2.21 bits per heavy atom. The summed E-state index contributed by atoms with van der Waals surface area (Å²) in [5, 5.41) is 12.4. The van der Waals surface area contributed by atoms with Crippen molar-refractivity contribution in [2.75, 3.05) is 25.0 Å². The summed E-state index contributed by atoms with van der Waals surface area (Å²) in [7, 11) is 0. The lowest BCUT2D eigenvalue weighted by Gasteiger charge is -2.23. The van der Waals surface area contributed by atoms with Gasteiger partial charge in [0, 0.05) is 24.8 Å². The average molecular weight is 262 g/mol. The summed E-state index contributed by atoms with van der Waals surface area (Å²) >= 11 is 0. The molecule has 0 radical (unpaired) electrons. The van der Waals surface area contributed by atoms with Crippen molar-refractivity contribution < 1.29 is 9.90 Å². The van der Waals surface area contributed by atoms with E-state index in [0.717, 1.165) is 30.6 Å². The van der Waals surface area contributed by atoms with E-state index in [1.807, 2.05) is 32.0 Å². The molecule has 1 amide bonds. The van der Waals surface area contributed by atoms with Crippen molar-refractivity contribution in [1.82, 2.24) is 4.90 Å². The van der Waals surface area contributed by atoms with E-state index in [1.54, 1.807) is 4.90 Å². The smallest absolute Gasteiger partial charge is 0.256 e. The zero-order valence-electron chi connectivity index (χ0n) is 11.6. The second-order valence-electron chi connectivity index (χ2n) is 5.03. The third-order valence-corrected chi connectivity index (χ3v) is 3.36. The zero-order valence-corrected chi connectivity index (χ0v) is 11.6. The van der Waals surface area contributed by atoms with Gasteiger partial charge in [0.05, 0.1) is 12.2 Å². The van der Waals surface area contributed by atoms with E-state index in [0.29, 0.717) is 18.2 Å². The van der Waals surface area contributed by atoms with E-state index >= 15 is 0 Å². The number of anilines is 1. The molecule has 2 N–H and O–H groups in total. The van der Waals surface area contributed by atoms with Gasteiger partial charge in [-0.2, -0.15) is 0 Å². The number of aliphatic hydroxyl groups excluding tert-OH is 1. The minimum absolute atomic E-state index is 0.0185. The monoisotopic (exact) mass is 262 g/mol. The largest absolute Gasteiger partial charge is 0.395 e. The molecule has 1 aliphatic carbocycles. The third-order valence-electron chi connectivity index (χ3n) is 3.36. The molecular formula is C15H22N2O2. The van der Waals surface area contributed by atoms with Gasteiger partial charge in [-0.15, -0.1) is 0 Å². The van der Waals surface area contributed by atoms with Crippen LogP contribution in [0.25, 0.3) is 0 Å². The molecule has 0 unspecified atom stereocenters. The highest BCUT2D eigenvalue weighted by Gasteiger charge is 2.33. The molecule has 4 nitrogen and oxygen atoms in total. The maximum atomic E-state index is 12.6. The Labute approximate surface area is 114 Å². The van der Waals surface area contributed by atoms with E-state index in [-0.39, 0.29) is 12.5 Å². The van der Waals surface area contributed by atoms with E-state index in [1.165, 1.54) is 0 Å². The van der Waals surface area contributed by atoms with Crippen LogP contribution in [0.5, 0.6) is 0 Å². The molecule has 4 heteroatoms. The first-order chi connectivity index (χ1) is 9.17. The number of nitrogens with one attached hydrogen (secondary N) is 1. The summed E-state index contributed by atoms with van der Waals surface area (Å²) in [6.45, 7) is 5.26. The Kier molecular flexibility index (Phi) is 4.43. The summed E-state index contributed by atoms with van der Waals surface area (Å²) < 4.78 is 0. The number of hydrogen-bond acceptors (Lipinski definition) is 3. The van der Waals surface area contributed by atoms with Crippen LogP contribution in [-0.4, -0.2) is 41.7 Å². The Morgan fingerprint density at radius 1 is 1.47 bits per heavy atom. The molecule has 0 aliphatic heterocycles. The highest BCUT2D eigenvalue weighted by atomic mass is 16.3. The second-order valence-corrected chi connectivity index (χ2v) is 5.03. The van der Waals surface area contributed by atoms with Crippen LogP contribution in [0, 0.1) is 6.92 Å². The summed E-state index contributed by atoms with van der Waals surface area (Å²) in [6.07, 6.45) is 2.10. The molecule has 2 rings (SSSR count). The second kappa shape index (κ2) is 6.06. The Bertz CT molecular complexity index is 455. The molecule has 0 atom stereocenters. The first-order valence-electron chi connectivity index (χ1n) is 6.93. The van der Waals surface area contributed by atoms with Gasteiger partial charge in [-0.3, -0.25) is 4.79 Å². The van der Waals surface area contributed by atoms with Gasteiger partial charge in [-0.1, -0.05) is 6.07 Å². The maximum Gasteiger partial charge on any atom is 0.256 e. The van der Waals surface area contributed by atoms with Gasteiger partial charge in [0.25, 0.3) is 5.91 Å². The molecule has 0 saturated heterocycles. The van der Waals surface area contributed by atoms with E-state index in [9.17, 15) is 4.79 Å². The minimum atomic E-state index is 0.0185. The molecule has 104 valence electrons. The Morgan fingerprint density at radius 3 is 2.79 bits per heavy atom. The van der Waals surface area contributed by atoms with Crippen molar-refractivity contribution in [3.8, 4) is 0 Å². The lowest BCUT2D eigenvalue weighted by Crippen LogP contribution is -2.35. The number of carbonyl (C=O) groups is 1. The number of benzene rings is 1. The molecule has 1 aromatic carbocycles. The normalized spacial score (nSPS) is 14.3. The Hall–Kier alpha value is -1.55. The van der Waals surface area contributed by atoms with E-state index in [4.69, 9.17) is 5.11 Å². The zero-order chi connectivity index (χ0) is 13.8. The van der Waals surface area contributed by atoms with Crippen LogP contribution in [0.3, 0.4) is 0 Å². The van der Waals surface area contributed by atoms with Gasteiger partial charge in [0.2, 0.25) is 0 Å². The number of aryl methyl sites for hydroxylation is 1. The molecule has 0 spiro atoms. The molecule has 0 heterocycles. The maximum absolute atomic E-state index is 12.6. The quantitative estimate of drug-likeness (QED) is 0.824. The van der Waals surface area contributed by atoms with Crippen LogP contribution in [0.1, 0.15) is 35.7 Å². The van der Waals surface area contributed by atoms with E-state index in [2.05, 4.69) is 5.32 Å². The molecule has 1 aliphatic rings. The summed E-state index contributed by atoms with van der Waals surface area (Å²) in [4.78, 5) is 14.4. The third kappa shape index (κ3) is 3.26. The number of aliphatic hydroxyl groups is 1. The van der Waals surface area contributed by atoms with Gasteiger partial charge in [-0.25, -0.2) is 0 Å². The summed E-state index contributed by atoms with van der Waals surface area (Å²) in [5.74, 6) is 0.0208. The van der Waals surface area contributed by atoms with Crippen molar-refractivity contribution >= 4 is 11.6 Å². The SMILES string of the molecule is CCNc1cc(C)ccc1C(=O)N(CCO)C1CC1. The number of hydrogen-bond donors (Lipinski definition) is 2. The number of rotatable bonds is 6. The molecule has 1 aromatic rings. The fourth-order valence-corrected chi connectivity index (χ4v) is 2.28. The van der Waals surface area contributed by atoms with Crippen molar-refractivity contribution in [2.24, 2.45) is 0 Å². The van der Waals surface area contributed by atoms with Crippen molar-refractivity contribution in [1.29, 1.82) is 0 Å². The van der Waals surface area contributed by atoms with Crippen LogP contribution < -0.4 is 5.32 Å². The van der Waals surface area contributed by atoms with Crippen LogP contribution in [0.15, 0.2) is 18.2 Å². The predicted molar refractivity (Wildman–Crippen MR) is 76.5 cm³/mol. The van der Waals surface area contributed by atoms with Crippen LogP contribution >= 0.6 is 0 Å². The van der Waals surface area contributed by atoms with Gasteiger partial charge in [0.15, 0.2) is 0 Å². The summed E-state index contributed by atoms with van der Waals surface area (Å²) in [6, 6.07) is 6.15. The molecule has 1 fully saturated rings. The number of carbonyl (C=O) groups excluding carboxylic acids is 1. The van der Waals surface area contributed by atoms with Gasteiger partial charge in [-0.05, 0) is 44.4 Å². The van der Waals surface area contributed by atoms with Gasteiger partial charge < -0.3 is 15.3 Å². The summed E-state index contributed by atoms with van der Waals surface area (Å²) in [5.41, 5.74) is 2.72. The predicted octanol–water partition coefficient (Wildman–Crippen LogP) is 2.02. The highest BCUT2D eigenvalue weighted by molar-refractivity contribution is 6.00. The number of nitrogens with zero attached hydrogens (tertiary/aromatic N) is 1. The molecule has 1 saturated carbocycles. The molecule has 0 aromatic heterocycles. The van der Waals surface area contributed by atoms with Crippen LogP contribution in [0.2, 0.25) is 0 Å². The van der Waals surface area contributed by atoms with Crippen molar-refractivity contribution in [2.45, 2.75) is 32.7 Å². The van der Waals surface area contributed by atoms with Gasteiger partial charge >= 0.3 is 0 Å². The first-order valence-corrected chi connectivity index (χ1v) is 6.93. The van der Waals surface area contributed by atoms with Gasteiger partial charge in [0.1, 0.15) is 0 Å². The standard InChI is InChI=1S/C15H22N2O2/c1-3-16-14-10-11(2)4-7-13(14)15(19)17(8-9-18)12-5-6-12/h4,7,10,12,16,18H,3,5-6,8-9H2,1-2H3. The van der Waals surface area contributed by atoms with Crippen molar-refractivity contribution in [3.63, 3.8) is 0 Å². The van der Waals surface area contributed by atoms with Crippen LogP contribution in [-0.2, 0) is 0 Å². The first kappa shape index (κ1) is 13.9. The topological polar surface area (TPSA) is 52.6 Å².